The van der Waals surface area contributed by atoms with Crippen molar-refractivity contribution in [3.8, 4) is 0 Å². The largest absolute Gasteiger partial charge is 0.345 e. The zero-order valence-corrected chi connectivity index (χ0v) is 9.24. The number of aromatic nitrogens is 1. The molecule has 0 unspecified atom stereocenters. The second-order valence-corrected chi connectivity index (χ2v) is 4.38. The standard InChI is InChI=1S/C9H13ClN2S/c1-2-12(8-3-4-8)9-11-7(5-10)6-13-9/h6,8H,2-5H2,1H3. The molecule has 0 radical (unpaired) electrons. The highest BCUT2D eigenvalue weighted by Crippen LogP contribution is 2.33. The van der Waals surface area contributed by atoms with E-state index in [0.717, 1.165) is 23.4 Å². The van der Waals surface area contributed by atoms with Crippen molar-refractivity contribution in [3.63, 3.8) is 0 Å². The minimum Gasteiger partial charge on any atom is -0.345 e. The number of rotatable bonds is 4. The van der Waals surface area contributed by atoms with Gasteiger partial charge in [-0.25, -0.2) is 4.98 Å². The average molecular weight is 217 g/mol. The minimum absolute atomic E-state index is 0.527. The number of alkyl halides is 1. The topological polar surface area (TPSA) is 16.1 Å². The summed E-state index contributed by atoms with van der Waals surface area (Å²) < 4.78 is 0. The Morgan fingerprint density at radius 1 is 1.69 bits per heavy atom. The Morgan fingerprint density at radius 3 is 2.92 bits per heavy atom. The molecule has 13 heavy (non-hydrogen) atoms. The van der Waals surface area contributed by atoms with Crippen molar-refractivity contribution in [1.82, 2.24) is 4.98 Å². The molecule has 4 heteroatoms. The second-order valence-electron chi connectivity index (χ2n) is 3.27. The summed E-state index contributed by atoms with van der Waals surface area (Å²) in [6.07, 6.45) is 2.65. The van der Waals surface area contributed by atoms with Crippen molar-refractivity contribution < 1.29 is 0 Å². The maximum atomic E-state index is 5.71. The monoisotopic (exact) mass is 216 g/mol. The smallest absolute Gasteiger partial charge is 0.185 e. The van der Waals surface area contributed by atoms with Gasteiger partial charge >= 0.3 is 0 Å². The van der Waals surface area contributed by atoms with E-state index in [0.29, 0.717) is 5.88 Å². The molecule has 1 heterocycles. The van der Waals surface area contributed by atoms with E-state index < -0.39 is 0 Å². The molecular formula is C9H13ClN2S. The van der Waals surface area contributed by atoms with E-state index in [2.05, 4.69) is 16.8 Å². The second kappa shape index (κ2) is 3.84. The van der Waals surface area contributed by atoms with Crippen molar-refractivity contribution >= 4 is 28.1 Å². The van der Waals surface area contributed by atoms with E-state index in [-0.39, 0.29) is 0 Å². The molecule has 1 fully saturated rings. The van der Waals surface area contributed by atoms with Gasteiger partial charge in [-0.05, 0) is 19.8 Å². The molecule has 0 amide bonds. The summed E-state index contributed by atoms with van der Waals surface area (Å²) in [5.41, 5.74) is 1.00. The lowest BCUT2D eigenvalue weighted by Gasteiger charge is -2.18. The Balaban J connectivity index is 2.12. The molecule has 72 valence electrons. The normalized spacial score (nSPS) is 16.2. The van der Waals surface area contributed by atoms with Crippen molar-refractivity contribution in [2.75, 3.05) is 11.4 Å². The lowest BCUT2D eigenvalue weighted by atomic mass is 10.5. The van der Waals surface area contributed by atoms with Gasteiger partial charge in [0, 0.05) is 18.0 Å². The third-order valence-electron chi connectivity index (χ3n) is 2.25. The fourth-order valence-electron chi connectivity index (χ4n) is 1.43. The molecule has 0 atom stereocenters. The Hall–Kier alpha value is -0.280. The number of hydrogen-bond acceptors (Lipinski definition) is 3. The molecule has 0 N–H and O–H groups in total. The minimum atomic E-state index is 0.527. The van der Waals surface area contributed by atoms with Crippen LogP contribution in [0.1, 0.15) is 25.5 Å². The van der Waals surface area contributed by atoms with Gasteiger partial charge in [-0.3, -0.25) is 0 Å². The molecule has 0 saturated heterocycles. The summed E-state index contributed by atoms with van der Waals surface area (Å²) >= 11 is 7.41. The molecule has 1 aliphatic rings. The van der Waals surface area contributed by atoms with Crippen LogP contribution in [0, 0.1) is 0 Å². The Morgan fingerprint density at radius 2 is 2.46 bits per heavy atom. The van der Waals surface area contributed by atoms with Crippen LogP contribution in [0.15, 0.2) is 5.38 Å². The Labute approximate surface area is 87.5 Å². The van der Waals surface area contributed by atoms with E-state index in [1.165, 1.54) is 12.8 Å². The number of thiazole rings is 1. The van der Waals surface area contributed by atoms with Gasteiger partial charge < -0.3 is 4.90 Å². The molecule has 0 aromatic carbocycles. The first kappa shape index (κ1) is 9.28. The van der Waals surface area contributed by atoms with Crippen LogP contribution in [0.4, 0.5) is 5.13 Å². The molecule has 1 aliphatic carbocycles. The summed E-state index contributed by atoms with van der Waals surface area (Å²) in [4.78, 5) is 6.85. The van der Waals surface area contributed by atoms with Crippen LogP contribution in [0.25, 0.3) is 0 Å². The van der Waals surface area contributed by atoms with Crippen molar-refractivity contribution in [2.45, 2.75) is 31.7 Å². The van der Waals surface area contributed by atoms with Crippen molar-refractivity contribution in [1.29, 1.82) is 0 Å². The quantitative estimate of drug-likeness (QED) is 0.720. The van der Waals surface area contributed by atoms with E-state index in [1.807, 2.05) is 5.38 Å². The van der Waals surface area contributed by atoms with Crippen LogP contribution >= 0.6 is 22.9 Å². The molecule has 1 saturated carbocycles. The summed E-state index contributed by atoms with van der Waals surface area (Å²) in [6.45, 7) is 3.24. The first-order valence-corrected chi connectivity index (χ1v) is 6.03. The van der Waals surface area contributed by atoms with Crippen molar-refractivity contribution in [3.05, 3.63) is 11.1 Å². The predicted molar refractivity (Wildman–Crippen MR) is 57.7 cm³/mol. The molecule has 0 bridgehead atoms. The van der Waals surface area contributed by atoms with E-state index in [9.17, 15) is 0 Å². The zero-order valence-electron chi connectivity index (χ0n) is 7.66. The van der Waals surface area contributed by atoms with Gasteiger partial charge in [0.15, 0.2) is 5.13 Å². The van der Waals surface area contributed by atoms with E-state index in [4.69, 9.17) is 11.6 Å². The molecule has 2 nitrogen and oxygen atoms in total. The Kier molecular flexibility index (Phi) is 2.74. The number of nitrogens with zero attached hydrogens (tertiary/aromatic N) is 2. The summed E-state index contributed by atoms with van der Waals surface area (Å²) in [6, 6.07) is 0.749. The van der Waals surface area contributed by atoms with Gasteiger partial charge in [0.05, 0.1) is 11.6 Å². The van der Waals surface area contributed by atoms with Gasteiger partial charge in [-0.2, -0.15) is 0 Å². The molecule has 0 spiro atoms. The van der Waals surface area contributed by atoms with Crippen molar-refractivity contribution in [2.24, 2.45) is 0 Å². The van der Waals surface area contributed by atoms with Gasteiger partial charge in [-0.15, -0.1) is 22.9 Å². The summed E-state index contributed by atoms with van der Waals surface area (Å²) in [5.74, 6) is 0.527. The Bertz CT molecular complexity index is 283. The van der Waals surface area contributed by atoms with E-state index in [1.54, 1.807) is 11.3 Å². The molecular weight excluding hydrogens is 204 g/mol. The zero-order chi connectivity index (χ0) is 9.26. The van der Waals surface area contributed by atoms with Crippen LogP contribution in [-0.2, 0) is 5.88 Å². The van der Waals surface area contributed by atoms with Crippen LogP contribution in [-0.4, -0.2) is 17.6 Å². The number of hydrogen-bond donors (Lipinski definition) is 0. The van der Waals surface area contributed by atoms with Gasteiger partial charge in [-0.1, -0.05) is 0 Å². The first-order chi connectivity index (χ1) is 6.35. The average Bonchev–Trinajstić information content (AvgIpc) is 2.85. The van der Waals surface area contributed by atoms with Crippen LogP contribution < -0.4 is 4.90 Å². The van der Waals surface area contributed by atoms with E-state index >= 15 is 0 Å². The molecule has 1 aromatic rings. The van der Waals surface area contributed by atoms with Gasteiger partial charge in [0.1, 0.15) is 0 Å². The van der Waals surface area contributed by atoms with Gasteiger partial charge in [0.25, 0.3) is 0 Å². The number of anilines is 1. The highest BCUT2D eigenvalue weighted by atomic mass is 35.5. The van der Waals surface area contributed by atoms with Crippen LogP contribution in [0.5, 0.6) is 0 Å². The third kappa shape index (κ3) is 1.97. The third-order valence-corrected chi connectivity index (χ3v) is 3.45. The first-order valence-electron chi connectivity index (χ1n) is 4.62. The predicted octanol–water partition coefficient (Wildman–Crippen LogP) is 2.87. The maximum Gasteiger partial charge on any atom is 0.185 e. The van der Waals surface area contributed by atoms with Crippen LogP contribution in [0.2, 0.25) is 0 Å². The maximum absolute atomic E-state index is 5.71. The molecule has 2 rings (SSSR count). The SMILES string of the molecule is CCN(c1nc(CCl)cs1)C1CC1. The van der Waals surface area contributed by atoms with Crippen LogP contribution in [0.3, 0.4) is 0 Å². The molecule has 0 aliphatic heterocycles. The number of halogens is 1. The fraction of sp³-hybridized carbons (Fsp3) is 0.667. The summed E-state index contributed by atoms with van der Waals surface area (Å²) in [7, 11) is 0. The van der Waals surface area contributed by atoms with Gasteiger partial charge in [0.2, 0.25) is 0 Å². The highest BCUT2D eigenvalue weighted by molar-refractivity contribution is 7.13. The lowest BCUT2D eigenvalue weighted by Crippen LogP contribution is -2.24. The lowest BCUT2D eigenvalue weighted by molar-refractivity contribution is 0.818. The highest BCUT2D eigenvalue weighted by Gasteiger charge is 2.29. The summed E-state index contributed by atoms with van der Waals surface area (Å²) in [5, 5.41) is 3.19. The molecule has 1 aromatic heterocycles. The fourth-order valence-corrected chi connectivity index (χ4v) is 2.61.